The average Bonchev–Trinajstić information content (AvgIpc) is 2.83. The van der Waals surface area contributed by atoms with Gasteiger partial charge in [-0.25, -0.2) is 13.2 Å². The average molecular weight is 452 g/mol. The highest BCUT2D eigenvalue weighted by atomic mass is 19.1. The normalized spacial score (nSPS) is 15.2. The van der Waals surface area contributed by atoms with E-state index in [1.165, 1.54) is 48.5 Å². The molecule has 33 heavy (non-hydrogen) atoms. The van der Waals surface area contributed by atoms with Crippen molar-refractivity contribution >= 4 is 5.78 Å². The van der Waals surface area contributed by atoms with E-state index in [1.54, 1.807) is 0 Å². The molecule has 0 bridgehead atoms. The van der Waals surface area contributed by atoms with Crippen LogP contribution in [0.2, 0.25) is 0 Å². The van der Waals surface area contributed by atoms with Crippen molar-refractivity contribution in [2.75, 3.05) is 19.6 Å². The first-order valence-corrected chi connectivity index (χ1v) is 11.5. The van der Waals surface area contributed by atoms with E-state index >= 15 is 0 Å². The number of carbonyl (C=O) groups excluding carboxylic acids is 1. The van der Waals surface area contributed by atoms with Crippen molar-refractivity contribution < 1.29 is 18.0 Å². The Morgan fingerprint density at radius 1 is 0.758 bits per heavy atom. The third-order valence-electron chi connectivity index (χ3n) is 6.61. The number of rotatable bonds is 8. The minimum Gasteiger partial charge on any atom is -0.303 e. The highest BCUT2D eigenvalue weighted by Gasteiger charge is 2.29. The van der Waals surface area contributed by atoms with E-state index in [0.29, 0.717) is 17.9 Å². The Morgan fingerprint density at radius 3 is 1.70 bits per heavy atom. The molecule has 0 amide bonds. The number of hydrogen-bond donors (Lipinski definition) is 0. The van der Waals surface area contributed by atoms with Crippen molar-refractivity contribution in [1.82, 2.24) is 4.90 Å². The van der Waals surface area contributed by atoms with Crippen LogP contribution in [0.15, 0.2) is 72.8 Å². The van der Waals surface area contributed by atoms with Crippen LogP contribution in [-0.4, -0.2) is 30.3 Å². The number of piperidine rings is 1. The van der Waals surface area contributed by atoms with Gasteiger partial charge in [0.15, 0.2) is 5.78 Å². The van der Waals surface area contributed by atoms with Crippen molar-refractivity contribution in [2.45, 2.75) is 31.6 Å². The van der Waals surface area contributed by atoms with Crippen molar-refractivity contribution in [3.05, 3.63) is 107 Å². The lowest BCUT2D eigenvalue weighted by atomic mass is 9.76. The first-order valence-electron chi connectivity index (χ1n) is 11.5. The summed E-state index contributed by atoms with van der Waals surface area (Å²) < 4.78 is 40.0. The van der Waals surface area contributed by atoms with Crippen molar-refractivity contribution in [3.63, 3.8) is 0 Å². The summed E-state index contributed by atoms with van der Waals surface area (Å²) in [6, 6.07) is 19.0. The standard InChI is InChI=1S/C28H28F3NO/c29-24-9-3-20(4-10-24)27(33)2-1-17-32-18-15-23(16-19-32)28(21-5-11-25(30)12-6-21)22-7-13-26(31)14-8-22/h3-14,23,28H,1-2,15-19H2. The second kappa shape index (κ2) is 10.8. The minimum atomic E-state index is -0.339. The van der Waals surface area contributed by atoms with Gasteiger partial charge in [-0.2, -0.15) is 0 Å². The maximum atomic E-state index is 13.5. The van der Waals surface area contributed by atoms with Gasteiger partial charge < -0.3 is 4.90 Å². The second-order valence-corrected chi connectivity index (χ2v) is 8.79. The van der Waals surface area contributed by atoms with Gasteiger partial charge in [0, 0.05) is 17.9 Å². The Bertz CT molecular complexity index is 995. The zero-order valence-corrected chi connectivity index (χ0v) is 18.5. The molecule has 1 aliphatic heterocycles. The molecule has 3 aromatic carbocycles. The van der Waals surface area contributed by atoms with E-state index in [0.717, 1.165) is 50.0 Å². The van der Waals surface area contributed by atoms with Gasteiger partial charge in [0.25, 0.3) is 0 Å². The summed E-state index contributed by atoms with van der Waals surface area (Å²) >= 11 is 0. The number of hydrogen-bond acceptors (Lipinski definition) is 2. The van der Waals surface area contributed by atoms with E-state index in [2.05, 4.69) is 4.90 Å². The molecule has 3 aromatic rings. The molecule has 2 nitrogen and oxygen atoms in total. The number of halogens is 3. The Labute approximate surface area is 193 Å². The van der Waals surface area contributed by atoms with Gasteiger partial charge in [0.2, 0.25) is 0 Å². The fourth-order valence-corrected chi connectivity index (χ4v) is 4.83. The monoisotopic (exact) mass is 451 g/mol. The van der Waals surface area contributed by atoms with Crippen molar-refractivity contribution in [1.29, 1.82) is 0 Å². The maximum Gasteiger partial charge on any atom is 0.162 e. The van der Waals surface area contributed by atoms with Crippen LogP contribution in [-0.2, 0) is 0 Å². The number of benzene rings is 3. The Kier molecular flexibility index (Phi) is 7.61. The van der Waals surface area contributed by atoms with E-state index in [9.17, 15) is 18.0 Å². The lowest BCUT2D eigenvalue weighted by Gasteiger charge is -2.36. The van der Waals surface area contributed by atoms with Crippen LogP contribution in [0, 0.1) is 23.4 Å². The van der Waals surface area contributed by atoms with Crippen LogP contribution in [0.5, 0.6) is 0 Å². The lowest BCUT2D eigenvalue weighted by Crippen LogP contribution is -2.36. The summed E-state index contributed by atoms with van der Waals surface area (Å²) in [7, 11) is 0. The van der Waals surface area contributed by atoms with E-state index in [-0.39, 0.29) is 29.2 Å². The zero-order valence-electron chi connectivity index (χ0n) is 18.5. The lowest BCUT2D eigenvalue weighted by molar-refractivity contribution is 0.0969. The molecule has 1 aliphatic rings. The molecule has 172 valence electrons. The van der Waals surface area contributed by atoms with E-state index in [4.69, 9.17) is 0 Å². The summed E-state index contributed by atoms with van der Waals surface area (Å²) in [4.78, 5) is 14.7. The SMILES string of the molecule is O=C(CCCN1CCC(C(c2ccc(F)cc2)c2ccc(F)cc2)CC1)c1ccc(F)cc1. The minimum absolute atomic E-state index is 0.0394. The van der Waals surface area contributed by atoms with Gasteiger partial charge in [0.1, 0.15) is 17.5 Å². The highest BCUT2D eigenvalue weighted by molar-refractivity contribution is 5.95. The van der Waals surface area contributed by atoms with Crippen molar-refractivity contribution in [2.24, 2.45) is 5.92 Å². The van der Waals surface area contributed by atoms with Crippen LogP contribution in [0.4, 0.5) is 13.2 Å². The van der Waals surface area contributed by atoms with Gasteiger partial charge in [-0.05, 0) is 104 Å². The molecule has 4 rings (SSSR count). The third kappa shape index (κ3) is 6.11. The first-order chi connectivity index (χ1) is 16.0. The second-order valence-electron chi connectivity index (χ2n) is 8.79. The fourth-order valence-electron chi connectivity index (χ4n) is 4.83. The molecule has 1 fully saturated rings. The number of likely N-dealkylation sites (tertiary alicyclic amines) is 1. The molecule has 0 saturated carbocycles. The van der Waals surface area contributed by atoms with E-state index < -0.39 is 0 Å². The smallest absolute Gasteiger partial charge is 0.162 e. The molecule has 0 N–H and O–H groups in total. The number of Topliss-reactive ketones (excluding diaryl/α,β-unsaturated/α-hetero) is 1. The summed E-state index contributed by atoms with van der Waals surface area (Å²) in [5.74, 6) is -0.360. The van der Waals surface area contributed by atoms with Gasteiger partial charge in [-0.1, -0.05) is 24.3 Å². The molecule has 0 aliphatic carbocycles. The molecule has 0 spiro atoms. The zero-order chi connectivity index (χ0) is 23.2. The van der Waals surface area contributed by atoms with Crippen LogP contribution in [0.25, 0.3) is 0 Å². The highest BCUT2D eigenvalue weighted by Crippen LogP contribution is 2.38. The van der Waals surface area contributed by atoms with Gasteiger partial charge >= 0.3 is 0 Å². The maximum absolute atomic E-state index is 13.5. The molecule has 0 radical (unpaired) electrons. The Balaban J connectivity index is 1.34. The summed E-state index contributed by atoms with van der Waals surface area (Å²) in [6.07, 6.45) is 3.16. The van der Waals surface area contributed by atoms with Gasteiger partial charge in [0.05, 0.1) is 0 Å². The molecule has 0 atom stereocenters. The van der Waals surface area contributed by atoms with E-state index in [1.807, 2.05) is 24.3 Å². The Hall–Kier alpha value is -2.92. The molecule has 5 heteroatoms. The van der Waals surface area contributed by atoms with Gasteiger partial charge in [-0.3, -0.25) is 4.79 Å². The summed E-state index contributed by atoms with van der Waals surface area (Å²) in [5, 5.41) is 0. The van der Waals surface area contributed by atoms with Crippen LogP contribution < -0.4 is 0 Å². The first kappa shape index (κ1) is 23.2. The van der Waals surface area contributed by atoms with Crippen molar-refractivity contribution in [3.8, 4) is 0 Å². The molecule has 0 unspecified atom stereocenters. The molecular weight excluding hydrogens is 423 g/mol. The molecule has 1 heterocycles. The van der Waals surface area contributed by atoms with Crippen LogP contribution in [0.1, 0.15) is 53.1 Å². The van der Waals surface area contributed by atoms with Crippen LogP contribution >= 0.6 is 0 Å². The quantitative estimate of drug-likeness (QED) is 0.359. The van der Waals surface area contributed by atoms with Crippen LogP contribution in [0.3, 0.4) is 0 Å². The topological polar surface area (TPSA) is 20.3 Å². The molecular formula is C28H28F3NO. The number of nitrogens with zero attached hydrogens (tertiary/aromatic N) is 1. The predicted octanol–water partition coefficient (Wildman–Crippen LogP) is 6.61. The predicted molar refractivity (Wildman–Crippen MR) is 124 cm³/mol. The fraction of sp³-hybridized carbons (Fsp3) is 0.321. The largest absolute Gasteiger partial charge is 0.303 e. The number of ketones is 1. The molecule has 0 aromatic heterocycles. The Morgan fingerprint density at radius 2 is 1.21 bits per heavy atom. The summed E-state index contributed by atoms with van der Waals surface area (Å²) in [5.41, 5.74) is 2.65. The molecule has 1 saturated heterocycles. The summed E-state index contributed by atoms with van der Waals surface area (Å²) in [6.45, 7) is 2.69. The number of carbonyl (C=O) groups is 1. The van der Waals surface area contributed by atoms with Gasteiger partial charge in [-0.15, -0.1) is 0 Å². The third-order valence-corrected chi connectivity index (χ3v) is 6.61.